The van der Waals surface area contributed by atoms with Gasteiger partial charge in [0.05, 0.1) is 4.92 Å². The molecule has 23 heavy (non-hydrogen) atoms. The van der Waals surface area contributed by atoms with E-state index >= 15 is 0 Å². The number of hydrogen-bond donors (Lipinski definition) is 2. The standard InChI is InChI=1S/C14H17N3O6/c1-7(2)11(12(18)16-14(15)20)23-13(19)9-6-4-5-8(3)10(9)17(21)22/h4-7,11H,1-3H3,(H3,15,16,18,20). The van der Waals surface area contributed by atoms with Crippen LogP contribution in [-0.4, -0.2) is 28.9 Å². The van der Waals surface area contributed by atoms with Gasteiger partial charge in [0.25, 0.3) is 11.6 Å². The van der Waals surface area contributed by atoms with Gasteiger partial charge in [0, 0.05) is 5.56 Å². The monoisotopic (exact) mass is 323 g/mol. The molecule has 124 valence electrons. The molecule has 0 spiro atoms. The summed E-state index contributed by atoms with van der Waals surface area (Å²) in [5.74, 6) is -2.39. The number of urea groups is 1. The highest BCUT2D eigenvalue weighted by Crippen LogP contribution is 2.24. The molecule has 0 saturated carbocycles. The number of nitro groups is 1. The maximum absolute atomic E-state index is 12.2. The second-order valence-corrected chi connectivity index (χ2v) is 5.15. The highest BCUT2D eigenvalue weighted by molar-refractivity contribution is 5.99. The topological polar surface area (TPSA) is 142 Å². The molecule has 0 radical (unpaired) electrons. The minimum absolute atomic E-state index is 0.271. The number of benzene rings is 1. The first-order valence-corrected chi connectivity index (χ1v) is 6.70. The summed E-state index contributed by atoms with van der Waals surface area (Å²) in [6.45, 7) is 4.65. The van der Waals surface area contributed by atoms with Gasteiger partial charge in [0.2, 0.25) is 0 Å². The van der Waals surface area contributed by atoms with Crippen LogP contribution in [0.1, 0.15) is 29.8 Å². The number of esters is 1. The Morgan fingerprint density at radius 1 is 1.30 bits per heavy atom. The van der Waals surface area contributed by atoms with E-state index in [2.05, 4.69) is 0 Å². The Hall–Kier alpha value is -2.97. The van der Waals surface area contributed by atoms with E-state index in [-0.39, 0.29) is 11.1 Å². The number of primary amides is 1. The molecule has 0 aliphatic carbocycles. The number of carbonyl (C=O) groups is 3. The highest BCUT2D eigenvalue weighted by atomic mass is 16.6. The molecule has 0 aliphatic heterocycles. The Balaban J connectivity index is 3.10. The van der Waals surface area contributed by atoms with Gasteiger partial charge in [-0.25, -0.2) is 9.59 Å². The summed E-state index contributed by atoms with van der Waals surface area (Å²) in [6, 6.07) is 3.09. The number of nitro benzene ring substituents is 1. The van der Waals surface area contributed by atoms with Gasteiger partial charge in [0.15, 0.2) is 6.10 Å². The van der Waals surface area contributed by atoms with Crippen LogP contribution < -0.4 is 11.1 Å². The molecule has 1 atom stereocenters. The summed E-state index contributed by atoms with van der Waals surface area (Å²) < 4.78 is 5.04. The smallest absolute Gasteiger partial charge is 0.345 e. The number of carbonyl (C=O) groups excluding carboxylic acids is 3. The number of nitrogens with two attached hydrogens (primary N) is 1. The van der Waals surface area contributed by atoms with Crippen LogP contribution >= 0.6 is 0 Å². The number of ether oxygens (including phenoxy) is 1. The van der Waals surface area contributed by atoms with Gasteiger partial charge in [-0.1, -0.05) is 26.0 Å². The summed E-state index contributed by atoms with van der Waals surface area (Å²) in [6.07, 6.45) is -1.31. The fraction of sp³-hybridized carbons (Fsp3) is 0.357. The minimum atomic E-state index is -1.31. The molecular formula is C14H17N3O6. The fourth-order valence-corrected chi connectivity index (χ4v) is 1.93. The summed E-state index contributed by atoms with van der Waals surface area (Å²) >= 11 is 0. The second kappa shape index (κ2) is 7.34. The normalized spacial score (nSPS) is 11.7. The SMILES string of the molecule is Cc1cccc(C(=O)OC(C(=O)NC(N)=O)C(C)C)c1[N+](=O)[O-]. The van der Waals surface area contributed by atoms with E-state index in [1.807, 2.05) is 5.32 Å². The average molecular weight is 323 g/mol. The summed E-state index contributed by atoms with van der Waals surface area (Å²) in [5.41, 5.74) is 4.48. The zero-order chi connectivity index (χ0) is 17.7. The highest BCUT2D eigenvalue weighted by Gasteiger charge is 2.31. The van der Waals surface area contributed by atoms with Crippen molar-refractivity contribution in [2.45, 2.75) is 26.9 Å². The number of para-hydroxylation sites is 1. The third-order valence-corrected chi connectivity index (χ3v) is 2.98. The Morgan fingerprint density at radius 3 is 2.39 bits per heavy atom. The predicted octanol–water partition coefficient (Wildman–Crippen LogP) is 1.28. The number of hydrogen-bond acceptors (Lipinski definition) is 6. The summed E-state index contributed by atoms with van der Waals surface area (Å²) in [7, 11) is 0. The number of aryl methyl sites for hydroxylation is 1. The lowest BCUT2D eigenvalue weighted by Crippen LogP contribution is -2.45. The number of nitrogens with zero attached hydrogens (tertiary/aromatic N) is 1. The third-order valence-electron chi connectivity index (χ3n) is 2.98. The number of amides is 3. The van der Waals surface area contributed by atoms with Crippen molar-refractivity contribution < 1.29 is 24.0 Å². The first-order chi connectivity index (χ1) is 10.6. The van der Waals surface area contributed by atoms with Crippen molar-refractivity contribution in [2.75, 3.05) is 0 Å². The summed E-state index contributed by atoms with van der Waals surface area (Å²) in [4.78, 5) is 45.2. The molecule has 0 heterocycles. The van der Waals surface area contributed by atoms with E-state index in [4.69, 9.17) is 10.5 Å². The molecule has 3 N–H and O–H groups in total. The van der Waals surface area contributed by atoms with Crippen LogP contribution in [0.25, 0.3) is 0 Å². The van der Waals surface area contributed by atoms with Crippen LogP contribution in [0.5, 0.6) is 0 Å². The quantitative estimate of drug-likeness (QED) is 0.475. The largest absolute Gasteiger partial charge is 0.448 e. The lowest BCUT2D eigenvalue weighted by molar-refractivity contribution is -0.385. The van der Waals surface area contributed by atoms with Crippen molar-refractivity contribution in [3.63, 3.8) is 0 Å². The van der Waals surface area contributed by atoms with E-state index in [9.17, 15) is 24.5 Å². The Labute approximate surface area is 131 Å². The third kappa shape index (κ3) is 4.50. The fourth-order valence-electron chi connectivity index (χ4n) is 1.93. The van der Waals surface area contributed by atoms with Crippen molar-refractivity contribution in [1.29, 1.82) is 0 Å². The molecule has 1 aromatic rings. The molecule has 1 rings (SSSR count). The molecule has 3 amide bonds. The number of nitrogens with one attached hydrogen (secondary N) is 1. The van der Waals surface area contributed by atoms with Crippen molar-refractivity contribution in [3.05, 3.63) is 39.4 Å². The Morgan fingerprint density at radius 2 is 1.91 bits per heavy atom. The van der Waals surface area contributed by atoms with Gasteiger partial charge in [0.1, 0.15) is 5.56 Å². The van der Waals surface area contributed by atoms with E-state index < -0.39 is 40.5 Å². The van der Waals surface area contributed by atoms with Crippen molar-refractivity contribution >= 4 is 23.6 Å². The molecule has 9 nitrogen and oxygen atoms in total. The molecule has 0 aromatic heterocycles. The first-order valence-electron chi connectivity index (χ1n) is 6.70. The molecule has 0 fully saturated rings. The molecule has 1 aromatic carbocycles. The maximum Gasteiger partial charge on any atom is 0.345 e. The molecule has 0 aliphatic rings. The maximum atomic E-state index is 12.2. The van der Waals surface area contributed by atoms with E-state index in [1.165, 1.54) is 25.1 Å². The van der Waals surface area contributed by atoms with Crippen LogP contribution in [0.3, 0.4) is 0 Å². The van der Waals surface area contributed by atoms with Crippen molar-refractivity contribution in [3.8, 4) is 0 Å². The Kier molecular flexibility index (Phi) is 5.77. The van der Waals surface area contributed by atoms with Crippen LogP contribution in [-0.2, 0) is 9.53 Å². The van der Waals surface area contributed by atoms with Crippen LogP contribution in [0.2, 0.25) is 0 Å². The lowest BCUT2D eigenvalue weighted by atomic mass is 10.1. The number of rotatable bonds is 5. The van der Waals surface area contributed by atoms with Crippen LogP contribution in [0.4, 0.5) is 10.5 Å². The summed E-state index contributed by atoms with van der Waals surface area (Å²) in [5, 5.41) is 12.9. The molecular weight excluding hydrogens is 306 g/mol. The van der Waals surface area contributed by atoms with E-state index in [0.29, 0.717) is 0 Å². The molecule has 9 heteroatoms. The second-order valence-electron chi connectivity index (χ2n) is 5.15. The van der Waals surface area contributed by atoms with Crippen LogP contribution in [0.15, 0.2) is 18.2 Å². The molecule has 1 unspecified atom stereocenters. The van der Waals surface area contributed by atoms with E-state index in [0.717, 1.165) is 0 Å². The van der Waals surface area contributed by atoms with Crippen molar-refractivity contribution in [1.82, 2.24) is 5.32 Å². The zero-order valence-corrected chi connectivity index (χ0v) is 12.9. The van der Waals surface area contributed by atoms with Gasteiger partial charge in [-0.3, -0.25) is 20.2 Å². The minimum Gasteiger partial charge on any atom is -0.448 e. The van der Waals surface area contributed by atoms with E-state index in [1.54, 1.807) is 13.8 Å². The molecule has 0 saturated heterocycles. The average Bonchev–Trinajstić information content (AvgIpc) is 2.42. The number of imide groups is 1. The van der Waals surface area contributed by atoms with Crippen molar-refractivity contribution in [2.24, 2.45) is 11.7 Å². The van der Waals surface area contributed by atoms with Gasteiger partial charge in [-0.15, -0.1) is 0 Å². The Bertz CT molecular complexity index is 656. The van der Waals surface area contributed by atoms with Gasteiger partial charge >= 0.3 is 12.0 Å². The first kappa shape index (κ1) is 18.1. The zero-order valence-electron chi connectivity index (χ0n) is 12.9. The van der Waals surface area contributed by atoms with Gasteiger partial charge < -0.3 is 10.5 Å². The van der Waals surface area contributed by atoms with Crippen LogP contribution in [0, 0.1) is 23.0 Å². The van der Waals surface area contributed by atoms with Gasteiger partial charge in [-0.2, -0.15) is 0 Å². The lowest BCUT2D eigenvalue weighted by Gasteiger charge is -2.19. The van der Waals surface area contributed by atoms with Gasteiger partial charge in [-0.05, 0) is 18.9 Å². The molecule has 0 bridgehead atoms. The predicted molar refractivity (Wildman–Crippen MR) is 79.6 cm³/mol.